The van der Waals surface area contributed by atoms with E-state index in [1.807, 2.05) is 35.5 Å². The van der Waals surface area contributed by atoms with Gasteiger partial charge in [0.15, 0.2) is 0 Å². The van der Waals surface area contributed by atoms with Gasteiger partial charge in [-0.2, -0.15) is 0 Å². The number of likely N-dealkylation sites (tertiary alicyclic amines) is 1. The number of thiophene rings is 1. The normalized spacial score (nSPS) is 19.3. The minimum absolute atomic E-state index is 0.134. The summed E-state index contributed by atoms with van der Waals surface area (Å²) < 4.78 is 5.55. The zero-order chi connectivity index (χ0) is 20.3. The largest absolute Gasteiger partial charge is 0.378 e. The molecule has 0 spiro atoms. The van der Waals surface area contributed by atoms with Crippen LogP contribution in [0.5, 0.6) is 0 Å². The molecule has 0 saturated carbocycles. The number of hydrogen-bond acceptors (Lipinski definition) is 5. The van der Waals surface area contributed by atoms with Crippen LogP contribution in [-0.4, -0.2) is 48.6 Å². The molecule has 154 valence electrons. The Kier molecular flexibility index (Phi) is 5.51. The molecule has 5 nitrogen and oxygen atoms in total. The first-order valence-electron chi connectivity index (χ1n) is 10.5. The van der Waals surface area contributed by atoms with Gasteiger partial charge in [0.2, 0.25) is 0 Å². The SMILES string of the molecule is O=C(c1cc(-c2ccccc2)c(N2CCOCC2)s1)N1CCCC1c1ccncc1. The lowest BCUT2D eigenvalue weighted by atomic mass is 10.1. The number of carbonyl (C=O) groups is 1. The third-order valence-corrected chi connectivity index (χ3v) is 7.09. The highest BCUT2D eigenvalue weighted by atomic mass is 32.1. The fraction of sp³-hybridized carbons (Fsp3) is 0.333. The number of amides is 1. The van der Waals surface area contributed by atoms with Crippen LogP contribution in [0.15, 0.2) is 60.9 Å². The number of hydrogen-bond donors (Lipinski definition) is 0. The molecule has 4 heterocycles. The smallest absolute Gasteiger partial charge is 0.264 e. The van der Waals surface area contributed by atoms with Crippen LogP contribution in [0.2, 0.25) is 0 Å². The summed E-state index contributed by atoms with van der Waals surface area (Å²) in [7, 11) is 0. The molecule has 1 aromatic carbocycles. The zero-order valence-corrected chi connectivity index (χ0v) is 17.7. The van der Waals surface area contributed by atoms with Crippen LogP contribution in [0, 0.1) is 0 Å². The first-order valence-corrected chi connectivity index (χ1v) is 11.4. The number of rotatable bonds is 4. The summed E-state index contributed by atoms with van der Waals surface area (Å²) in [5.74, 6) is 0.135. The molecule has 2 aliphatic heterocycles. The highest BCUT2D eigenvalue weighted by Crippen LogP contribution is 2.41. The lowest BCUT2D eigenvalue weighted by Crippen LogP contribution is -2.35. The van der Waals surface area contributed by atoms with Gasteiger partial charge in [-0.05, 0) is 42.2 Å². The number of anilines is 1. The number of morpholine rings is 1. The number of benzene rings is 1. The maximum Gasteiger partial charge on any atom is 0.264 e. The fourth-order valence-electron chi connectivity index (χ4n) is 4.40. The van der Waals surface area contributed by atoms with E-state index in [9.17, 15) is 4.79 Å². The van der Waals surface area contributed by atoms with Crippen molar-refractivity contribution in [3.63, 3.8) is 0 Å². The predicted molar refractivity (Wildman–Crippen MR) is 120 cm³/mol. The van der Waals surface area contributed by atoms with Crippen LogP contribution in [0.1, 0.15) is 34.1 Å². The van der Waals surface area contributed by atoms with Crippen molar-refractivity contribution in [3.05, 3.63) is 71.4 Å². The van der Waals surface area contributed by atoms with Crippen molar-refractivity contribution in [1.29, 1.82) is 0 Å². The molecule has 0 bridgehead atoms. The Balaban J connectivity index is 1.49. The van der Waals surface area contributed by atoms with E-state index in [0.29, 0.717) is 0 Å². The van der Waals surface area contributed by atoms with Gasteiger partial charge in [0.25, 0.3) is 5.91 Å². The maximum atomic E-state index is 13.6. The summed E-state index contributed by atoms with van der Waals surface area (Å²) in [6.45, 7) is 3.98. The lowest BCUT2D eigenvalue weighted by molar-refractivity contribution is 0.0740. The van der Waals surface area contributed by atoms with E-state index in [-0.39, 0.29) is 11.9 Å². The Morgan fingerprint density at radius 3 is 2.57 bits per heavy atom. The molecule has 1 atom stereocenters. The average molecular weight is 420 g/mol. The van der Waals surface area contributed by atoms with Crippen molar-refractivity contribution in [3.8, 4) is 11.1 Å². The summed E-state index contributed by atoms with van der Waals surface area (Å²) in [5.41, 5.74) is 3.47. The quantitative estimate of drug-likeness (QED) is 0.619. The number of ether oxygens (including phenoxy) is 1. The van der Waals surface area contributed by atoms with Gasteiger partial charge in [-0.15, -0.1) is 11.3 Å². The van der Waals surface area contributed by atoms with E-state index < -0.39 is 0 Å². The van der Waals surface area contributed by atoms with Gasteiger partial charge in [-0.3, -0.25) is 9.78 Å². The second-order valence-electron chi connectivity index (χ2n) is 7.73. The lowest BCUT2D eigenvalue weighted by Gasteiger charge is -2.28. The summed E-state index contributed by atoms with van der Waals surface area (Å²) in [4.78, 5) is 22.9. The summed E-state index contributed by atoms with van der Waals surface area (Å²) in [5, 5.41) is 1.17. The minimum atomic E-state index is 0.134. The van der Waals surface area contributed by atoms with E-state index >= 15 is 0 Å². The number of carbonyl (C=O) groups excluding carboxylic acids is 1. The van der Waals surface area contributed by atoms with Gasteiger partial charge in [0.1, 0.15) is 0 Å². The fourth-order valence-corrected chi connectivity index (χ4v) is 5.58. The molecule has 0 radical (unpaired) electrons. The molecule has 2 aliphatic rings. The standard InChI is InChI=1S/C24H25N3O2S/c28-23(27-12-4-7-21(27)19-8-10-25-11-9-19)22-17-20(18-5-2-1-3-6-18)24(30-22)26-13-15-29-16-14-26/h1-3,5-6,8-11,17,21H,4,7,12-16H2. The Morgan fingerprint density at radius 1 is 1.03 bits per heavy atom. The van der Waals surface area contributed by atoms with E-state index in [4.69, 9.17) is 4.74 Å². The van der Waals surface area contributed by atoms with Gasteiger partial charge >= 0.3 is 0 Å². The number of aromatic nitrogens is 1. The molecule has 0 N–H and O–H groups in total. The second kappa shape index (κ2) is 8.58. The molecule has 2 aromatic heterocycles. The van der Waals surface area contributed by atoms with E-state index in [1.54, 1.807) is 11.3 Å². The third-order valence-electron chi connectivity index (χ3n) is 5.91. The van der Waals surface area contributed by atoms with E-state index in [1.165, 1.54) is 10.6 Å². The number of nitrogens with zero attached hydrogens (tertiary/aromatic N) is 3. The molecule has 1 unspecified atom stereocenters. The predicted octanol–water partition coefficient (Wildman–Crippen LogP) is 4.62. The highest BCUT2D eigenvalue weighted by molar-refractivity contribution is 7.18. The van der Waals surface area contributed by atoms with Crippen LogP contribution in [0.3, 0.4) is 0 Å². The molecular weight excluding hydrogens is 394 g/mol. The van der Waals surface area contributed by atoms with Crippen LogP contribution in [0.25, 0.3) is 11.1 Å². The molecule has 3 aromatic rings. The van der Waals surface area contributed by atoms with E-state index in [0.717, 1.165) is 61.7 Å². The van der Waals surface area contributed by atoms with Crippen molar-refractivity contribution < 1.29 is 9.53 Å². The first kappa shape index (κ1) is 19.3. The Bertz CT molecular complexity index is 1000. The zero-order valence-electron chi connectivity index (χ0n) is 16.9. The molecule has 1 amide bonds. The average Bonchev–Trinajstić information content (AvgIpc) is 3.48. The monoisotopic (exact) mass is 419 g/mol. The van der Waals surface area contributed by atoms with Crippen LogP contribution >= 0.6 is 11.3 Å². The molecule has 2 saturated heterocycles. The van der Waals surface area contributed by atoms with Crippen molar-refractivity contribution in [2.75, 3.05) is 37.7 Å². The summed E-state index contributed by atoms with van der Waals surface area (Å²) in [6, 6.07) is 16.7. The molecule has 5 rings (SSSR count). The summed E-state index contributed by atoms with van der Waals surface area (Å²) in [6.07, 6.45) is 5.66. The van der Waals surface area contributed by atoms with E-state index in [2.05, 4.69) is 40.2 Å². The van der Waals surface area contributed by atoms with Gasteiger partial charge in [-0.1, -0.05) is 30.3 Å². The van der Waals surface area contributed by atoms with Gasteiger partial charge in [0.05, 0.1) is 29.1 Å². The molecule has 6 heteroatoms. The van der Waals surface area contributed by atoms with Crippen LogP contribution < -0.4 is 4.90 Å². The molecule has 0 aliphatic carbocycles. The molecule has 2 fully saturated rings. The van der Waals surface area contributed by atoms with Gasteiger partial charge in [-0.25, -0.2) is 0 Å². The van der Waals surface area contributed by atoms with Crippen LogP contribution in [-0.2, 0) is 4.74 Å². The first-order chi connectivity index (χ1) is 14.8. The summed E-state index contributed by atoms with van der Waals surface area (Å²) >= 11 is 1.62. The van der Waals surface area contributed by atoms with Crippen molar-refractivity contribution in [2.24, 2.45) is 0 Å². The van der Waals surface area contributed by atoms with Crippen molar-refractivity contribution >= 4 is 22.2 Å². The van der Waals surface area contributed by atoms with Crippen molar-refractivity contribution in [1.82, 2.24) is 9.88 Å². The maximum absolute atomic E-state index is 13.6. The minimum Gasteiger partial charge on any atom is -0.378 e. The topological polar surface area (TPSA) is 45.7 Å². The molecule has 30 heavy (non-hydrogen) atoms. The van der Waals surface area contributed by atoms with Gasteiger partial charge in [0, 0.05) is 37.6 Å². The Labute approximate surface area is 180 Å². The van der Waals surface area contributed by atoms with Crippen molar-refractivity contribution in [2.45, 2.75) is 18.9 Å². The third kappa shape index (κ3) is 3.73. The number of pyridine rings is 1. The Morgan fingerprint density at radius 2 is 1.80 bits per heavy atom. The van der Waals surface area contributed by atoms with Gasteiger partial charge < -0.3 is 14.5 Å². The molecular formula is C24H25N3O2S. The second-order valence-corrected chi connectivity index (χ2v) is 8.76. The van der Waals surface area contributed by atoms with Crippen LogP contribution in [0.4, 0.5) is 5.00 Å². The highest BCUT2D eigenvalue weighted by Gasteiger charge is 2.32. The Hall–Kier alpha value is -2.70.